The molecule has 0 bridgehead atoms. The van der Waals surface area contributed by atoms with Crippen LogP contribution in [0.4, 0.5) is 0 Å². The summed E-state index contributed by atoms with van der Waals surface area (Å²) in [6.45, 7) is 6.24. The zero-order valence-electron chi connectivity index (χ0n) is 15.1. The fraction of sp³-hybridized carbons (Fsp3) is 0.0833. The van der Waals surface area contributed by atoms with Crippen molar-refractivity contribution in [3.8, 4) is 29.4 Å². The molecule has 0 atom stereocenters. The molecule has 1 aromatic carbocycles. The van der Waals surface area contributed by atoms with Gasteiger partial charge in [-0.3, -0.25) is 9.97 Å². The molecule has 0 amide bonds. The van der Waals surface area contributed by atoms with Crippen molar-refractivity contribution in [1.82, 2.24) is 9.97 Å². The first-order valence-corrected chi connectivity index (χ1v) is 8.46. The maximum atomic E-state index is 5.98. The molecule has 0 saturated heterocycles. The van der Waals surface area contributed by atoms with Gasteiger partial charge in [0.1, 0.15) is 6.61 Å². The number of pyridine rings is 2. The van der Waals surface area contributed by atoms with E-state index in [1.165, 1.54) is 0 Å². The molecule has 130 valence electrons. The lowest BCUT2D eigenvalue weighted by atomic mass is 10.1. The highest BCUT2D eigenvalue weighted by Crippen LogP contribution is 2.23. The molecule has 3 nitrogen and oxygen atoms in total. The molecule has 0 radical (unpaired) electrons. The van der Waals surface area contributed by atoms with Gasteiger partial charge in [-0.25, -0.2) is 0 Å². The molecule has 0 saturated carbocycles. The minimum absolute atomic E-state index is 0.415. The fourth-order valence-corrected chi connectivity index (χ4v) is 2.23. The Morgan fingerprint density at radius 1 is 0.815 bits per heavy atom. The van der Waals surface area contributed by atoms with Crippen LogP contribution < -0.4 is 4.74 Å². The second kappa shape index (κ2) is 9.04. The lowest BCUT2D eigenvalue weighted by Crippen LogP contribution is -2.01. The van der Waals surface area contributed by atoms with Crippen molar-refractivity contribution in [2.45, 2.75) is 6.92 Å². The molecule has 3 aromatic rings. The summed E-state index contributed by atoms with van der Waals surface area (Å²) >= 11 is 0. The molecule has 3 rings (SSSR count). The van der Waals surface area contributed by atoms with E-state index in [9.17, 15) is 0 Å². The van der Waals surface area contributed by atoms with Crippen LogP contribution in [0, 0.1) is 23.7 Å². The topological polar surface area (TPSA) is 35.0 Å². The highest BCUT2D eigenvalue weighted by Gasteiger charge is 2.07. The number of hydrogen-bond acceptors (Lipinski definition) is 3. The van der Waals surface area contributed by atoms with E-state index in [2.05, 4.69) is 40.2 Å². The first-order valence-electron chi connectivity index (χ1n) is 8.46. The minimum atomic E-state index is 0.415. The Hall–Kier alpha value is -3.82. The van der Waals surface area contributed by atoms with Crippen molar-refractivity contribution in [3.05, 3.63) is 102 Å². The predicted molar refractivity (Wildman–Crippen MR) is 107 cm³/mol. The van der Waals surface area contributed by atoms with Crippen LogP contribution in [0.5, 0.6) is 5.75 Å². The lowest BCUT2D eigenvalue weighted by Gasteiger charge is -2.10. The van der Waals surface area contributed by atoms with Gasteiger partial charge in [-0.15, -0.1) is 0 Å². The third kappa shape index (κ3) is 5.33. The van der Waals surface area contributed by atoms with E-state index in [0.29, 0.717) is 12.4 Å². The summed E-state index contributed by atoms with van der Waals surface area (Å²) in [6.07, 6.45) is 6.89. The van der Waals surface area contributed by atoms with Crippen LogP contribution >= 0.6 is 0 Å². The smallest absolute Gasteiger partial charge is 0.151 e. The Morgan fingerprint density at radius 3 is 1.74 bits per heavy atom. The summed E-state index contributed by atoms with van der Waals surface area (Å²) in [4.78, 5) is 8.02. The number of rotatable bonds is 3. The normalized spacial score (nSPS) is 9.37. The van der Waals surface area contributed by atoms with E-state index in [1.54, 1.807) is 24.8 Å². The summed E-state index contributed by atoms with van der Waals surface area (Å²) < 4.78 is 5.98. The van der Waals surface area contributed by atoms with Crippen molar-refractivity contribution < 1.29 is 4.74 Å². The van der Waals surface area contributed by atoms with Crippen LogP contribution in [-0.4, -0.2) is 16.6 Å². The zero-order valence-corrected chi connectivity index (χ0v) is 15.1. The number of aromatic nitrogens is 2. The third-order valence-corrected chi connectivity index (χ3v) is 3.52. The molecule has 2 heterocycles. The number of ether oxygens (including phenoxy) is 1. The van der Waals surface area contributed by atoms with Crippen LogP contribution in [-0.2, 0) is 0 Å². The van der Waals surface area contributed by atoms with Gasteiger partial charge in [-0.05, 0) is 48.9 Å². The average molecular weight is 350 g/mol. The molecular weight excluding hydrogens is 332 g/mol. The number of hydrogen-bond donors (Lipinski definition) is 0. The molecule has 0 unspecified atom stereocenters. The van der Waals surface area contributed by atoms with Crippen molar-refractivity contribution in [2.75, 3.05) is 6.61 Å². The first kappa shape index (κ1) is 18.0. The quantitative estimate of drug-likeness (QED) is 0.524. The molecule has 0 aliphatic carbocycles. The van der Waals surface area contributed by atoms with Gasteiger partial charge in [-0.1, -0.05) is 36.3 Å². The highest BCUT2D eigenvalue weighted by molar-refractivity contribution is 5.59. The van der Waals surface area contributed by atoms with Crippen molar-refractivity contribution >= 4 is 0 Å². The first-order chi connectivity index (χ1) is 13.2. The number of nitrogens with zero attached hydrogens (tertiary/aromatic N) is 2. The zero-order chi connectivity index (χ0) is 18.9. The summed E-state index contributed by atoms with van der Waals surface area (Å²) in [7, 11) is 0. The van der Waals surface area contributed by atoms with Gasteiger partial charge in [0, 0.05) is 35.9 Å². The van der Waals surface area contributed by atoms with E-state index in [1.807, 2.05) is 49.4 Å². The largest absolute Gasteiger partial charge is 0.487 e. The van der Waals surface area contributed by atoms with Crippen LogP contribution in [0.3, 0.4) is 0 Å². The second-order valence-corrected chi connectivity index (χ2v) is 5.90. The number of para-hydroxylation sites is 1. The fourth-order valence-electron chi connectivity index (χ4n) is 2.23. The summed E-state index contributed by atoms with van der Waals surface area (Å²) in [5, 5.41) is 0. The summed E-state index contributed by atoms with van der Waals surface area (Å²) in [6, 6.07) is 13.3. The predicted octanol–water partition coefficient (Wildman–Crippen LogP) is 4.23. The Balaban J connectivity index is 1.99. The van der Waals surface area contributed by atoms with E-state index in [4.69, 9.17) is 4.74 Å². The van der Waals surface area contributed by atoms with Crippen molar-refractivity contribution in [1.29, 1.82) is 0 Å². The monoisotopic (exact) mass is 350 g/mol. The van der Waals surface area contributed by atoms with Crippen LogP contribution in [0.1, 0.15) is 29.2 Å². The van der Waals surface area contributed by atoms with E-state index in [-0.39, 0.29) is 0 Å². The Labute approximate surface area is 159 Å². The Morgan fingerprint density at radius 2 is 1.30 bits per heavy atom. The molecule has 0 fully saturated rings. The average Bonchev–Trinajstić information content (AvgIpc) is 2.71. The maximum Gasteiger partial charge on any atom is 0.151 e. The van der Waals surface area contributed by atoms with Gasteiger partial charge in [0.25, 0.3) is 0 Å². The molecule has 0 N–H and O–H groups in total. The maximum absolute atomic E-state index is 5.98. The van der Waals surface area contributed by atoms with Crippen LogP contribution in [0.2, 0.25) is 0 Å². The number of benzene rings is 1. The van der Waals surface area contributed by atoms with Crippen molar-refractivity contribution in [2.24, 2.45) is 0 Å². The molecule has 0 aliphatic rings. The molecular formula is C24H18N2O. The van der Waals surface area contributed by atoms with Gasteiger partial charge in [0.15, 0.2) is 5.75 Å². The van der Waals surface area contributed by atoms with E-state index < -0.39 is 0 Å². The summed E-state index contributed by atoms with van der Waals surface area (Å²) in [5.74, 6) is 13.3. The van der Waals surface area contributed by atoms with E-state index >= 15 is 0 Å². The van der Waals surface area contributed by atoms with Gasteiger partial charge in [0.2, 0.25) is 0 Å². The van der Waals surface area contributed by atoms with Gasteiger partial charge in [-0.2, -0.15) is 0 Å². The van der Waals surface area contributed by atoms with Gasteiger partial charge in [0.05, 0.1) is 11.1 Å². The molecule has 3 heteroatoms. The highest BCUT2D eigenvalue weighted by atomic mass is 16.5. The van der Waals surface area contributed by atoms with E-state index in [0.717, 1.165) is 27.8 Å². The molecule has 0 spiro atoms. The van der Waals surface area contributed by atoms with Crippen LogP contribution in [0.15, 0.2) is 79.4 Å². The third-order valence-electron chi connectivity index (χ3n) is 3.52. The molecule has 27 heavy (non-hydrogen) atoms. The lowest BCUT2D eigenvalue weighted by molar-refractivity contribution is 0.351. The second-order valence-electron chi connectivity index (χ2n) is 5.90. The van der Waals surface area contributed by atoms with Gasteiger partial charge < -0.3 is 4.74 Å². The summed E-state index contributed by atoms with van der Waals surface area (Å²) in [5.41, 5.74) is 4.29. The molecule has 2 aromatic heterocycles. The van der Waals surface area contributed by atoms with Gasteiger partial charge >= 0.3 is 0 Å². The minimum Gasteiger partial charge on any atom is -0.487 e. The standard InChI is InChI=1S/C24H18N2O/c1-19(2)18-27-24-22(8-6-20-10-14-25-15-11-20)4-3-5-23(24)9-7-21-12-16-26-17-13-21/h3-5,10-17H,1,18H2,2H3. The Bertz CT molecular complexity index is 974. The van der Waals surface area contributed by atoms with Crippen LogP contribution in [0.25, 0.3) is 0 Å². The Kier molecular flexibility index (Phi) is 6.02. The SMILES string of the molecule is C=C(C)COc1c(C#Cc2ccncc2)cccc1C#Cc1ccncc1. The molecule has 0 aliphatic heterocycles. The van der Waals surface area contributed by atoms with Crippen molar-refractivity contribution in [3.63, 3.8) is 0 Å².